The molecule has 24 heavy (non-hydrogen) atoms. The maximum Gasteiger partial charge on any atom is 0.269 e. The monoisotopic (exact) mass is 337 g/mol. The molecule has 0 amide bonds. The zero-order valence-electron chi connectivity index (χ0n) is 13.3. The van der Waals surface area contributed by atoms with Crippen molar-refractivity contribution in [1.82, 2.24) is 0 Å². The largest absolute Gasteiger partial charge is 0.269 e. The molecule has 0 radical (unpaired) electrons. The zero-order valence-corrected chi connectivity index (χ0v) is 14.3. The molecule has 1 rings (SSSR count). The third-order valence-electron chi connectivity index (χ3n) is 2.78. The summed E-state index contributed by atoms with van der Waals surface area (Å²) < 4.78 is 0. The van der Waals surface area contributed by atoms with E-state index in [1.165, 1.54) is 12.1 Å². The van der Waals surface area contributed by atoms with E-state index in [2.05, 4.69) is 13.2 Å². The second kappa shape index (κ2) is 11.8. The van der Waals surface area contributed by atoms with E-state index in [0.717, 1.165) is 10.6 Å². The van der Waals surface area contributed by atoms with Gasteiger partial charge >= 0.3 is 0 Å². The van der Waals surface area contributed by atoms with E-state index in [0.29, 0.717) is 8.58 Å². The van der Waals surface area contributed by atoms with Crippen LogP contribution in [0.2, 0.25) is 0 Å². The second-order valence-electron chi connectivity index (χ2n) is 4.53. The molecule has 0 saturated heterocycles. The Labute approximate surface area is 144 Å². The van der Waals surface area contributed by atoms with Crippen LogP contribution in [0.3, 0.4) is 0 Å². The van der Waals surface area contributed by atoms with Gasteiger partial charge in [-0.05, 0) is 22.8 Å². The van der Waals surface area contributed by atoms with Crippen LogP contribution in [0.4, 0.5) is 5.69 Å². The van der Waals surface area contributed by atoms with Crippen LogP contribution in [0.5, 0.6) is 0 Å². The summed E-state index contributed by atoms with van der Waals surface area (Å²) in [6.45, 7) is 7.40. The molecule has 1 aromatic carbocycles. The first-order chi connectivity index (χ1) is 11.7. The first-order valence-electron chi connectivity index (χ1n) is 7.30. The average Bonchev–Trinajstić information content (AvgIpc) is 2.59. The number of benzene rings is 1. The highest BCUT2D eigenvalue weighted by Crippen LogP contribution is 2.24. The standard InChI is InChI=1S/C20H20NO2P/c1-3-5-6-7-8-9-10-11-12-13-19(4-2)24-20-16-14-18(15-17-20)21(22)23/h3-17,24H,1-2H2/b6-5-,8-7-,10-9-,12-11-,19-13-. The van der Waals surface area contributed by atoms with E-state index in [1.807, 2.05) is 54.7 Å². The van der Waals surface area contributed by atoms with Crippen LogP contribution < -0.4 is 5.30 Å². The minimum atomic E-state index is -0.395. The molecule has 122 valence electrons. The first kappa shape index (κ1) is 19.3. The van der Waals surface area contributed by atoms with E-state index in [-0.39, 0.29) is 5.69 Å². The Balaban J connectivity index is 2.59. The van der Waals surface area contributed by atoms with Gasteiger partial charge in [0.25, 0.3) is 5.69 Å². The highest BCUT2D eigenvalue weighted by atomic mass is 31.1. The maximum atomic E-state index is 10.6. The van der Waals surface area contributed by atoms with Crippen LogP contribution in [-0.4, -0.2) is 4.92 Å². The minimum Gasteiger partial charge on any atom is -0.258 e. The third-order valence-corrected chi connectivity index (χ3v) is 4.06. The van der Waals surface area contributed by atoms with Crippen molar-refractivity contribution < 1.29 is 4.92 Å². The van der Waals surface area contributed by atoms with Crippen molar-refractivity contribution in [3.63, 3.8) is 0 Å². The summed E-state index contributed by atoms with van der Waals surface area (Å²) in [6.07, 6.45) is 20.9. The van der Waals surface area contributed by atoms with Gasteiger partial charge in [-0.25, -0.2) is 0 Å². The van der Waals surface area contributed by atoms with Crippen molar-refractivity contribution in [2.75, 3.05) is 0 Å². The van der Waals surface area contributed by atoms with Crippen LogP contribution in [0, 0.1) is 10.1 Å². The Morgan fingerprint density at radius 1 is 0.917 bits per heavy atom. The first-order valence-corrected chi connectivity index (χ1v) is 8.30. The van der Waals surface area contributed by atoms with Crippen molar-refractivity contribution in [2.24, 2.45) is 0 Å². The maximum absolute atomic E-state index is 10.6. The SMILES string of the molecule is C=C\C=C/C=C\C=C/C=C\C=C(\C=C)Pc1ccc([N+](=O)[O-])cc1. The Morgan fingerprint density at radius 3 is 1.96 bits per heavy atom. The Kier molecular flexibility index (Phi) is 9.44. The summed E-state index contributed by atoms with van der Waals surface area (Å²) in [4.78, 5) is 10.2. The molecule has 0 saturated carbocycles. The van der Waals surface area contributed by atoms with Crippen LogP contribution in [-0.2, 0) is 0 Å². The van der Waals surface area contributed by atoms with Crippen molar-refractivity contribution in [1.29, 1.82) is 0 Å². The van der Waals surface area contributed by atoms with E-state index in [1.54, 1.807) is 24.3 Å². The van der Waals surface area contributed by atoms with Gasteiger partial charge in [0.2, 0.25) is 0 Å². The molecule has 0 aliphatic heterocycles. The molecular weight excluding hydrogens is 317 g/mol. The topological polar surface area (TPSA) is 43.1 Å². The third kappa shape index (κ3) is 8.02. The fourth-order valence-electron chi connectivity index (χ4n) is 1.62. The molecule has 0 aliphatic rings. The van der Waals surface area contributed by atoms with Gasteiger partial charge in [0.15, 0.2) is 0 Å². The molecule has 1 atom stereocenters. The number of nitro benzene ring substituents is 1. The van der Waals surface area contributed by atoms with Gasteiger partial charge in [-0.2, -0.15) is 0 Å². The molecule has 1 unspecified atom stereocenters. The Bertz CT molecular complexity index is 708. The van der Waals surface area contributed by atoms with Gasteiger partial charge in [-0.3, -0.25) is 10.1 Å². The lowest BCUT2D eigenvalue weighted by atomic mass is 10.3. The van der Waals surface area contributed by atoms with Gasteiger partial charge < -0.3 is 0 Å². The zero-order chi connectivity index (χ0) is 17.6. The molecule has 3 nitrogen and oxygen atoms in total. The average molecular weight is 337 g/mol. The number of hydrogen-bond acceptors (Lipinski definition) is 2. The van der Waals surface area contributed by atoms with Gasteiger partial charge in [0.05, 0.1) is 4.92 Å². The molecule has 1 aromatic rings. The fraction of sp³-hybridized carbons (Fsp3) is 0. The quantitative estimate of drug-likeness (QED) is 0.263. The van der Waals surface area contributed by atoms with Gasteiger partial charge in [-0.1, -0.05) is 88.6 Å². The van der Waals surface area contributed by atoms with Crippen molar-refractivity contribution in [3.8, 4) is 0 Å². The van der Waals surface area contributed by atoms with Crippen LogP contribution in [0.25, 0.3) is 0 Å². The van der Waals surface area contributed by atoms with Crippen molar-refractivity contribution in [3.05, 3.63) is 120 Å². The fourth-order valence-corrected chi connectivity index (χ4v) is 2.56. The highest BCUT2D eigenvalue weighted by molar-refractivity contribution is 7.52. The number of nitro groups is 1. The number of non-ortho nitro benzene ring substituents is 1. The van der Waals surface area contributed by atoms with Crippen LogP contribution in [0.1, 0.15) is 0 Å². The lowest BCUT2D eigenvalue weighted by Gasteiger charge is -2.01. The number of allylic oxidation sites excluding steroid dienone is 12. The van der Waals surface area contributed by atoms with Gasteiger partial charge in [0, 0.05) is 12.1 Å². The van der Waals surface area contributed by atoms with Crippen molar-refractivity contribution in [2.45, 2.75) is 0 Å². The van der Waals surface area contributed by atoms with E-state index >= 15 is 0 Å². The summed E-state index contributed by atoms with van der Waals surface area (Å²) in [7, 11) is 0.410. The molecule has 0 aliphatic carbocycles. The van der Waals surface area contributed by atoms with Gasteiger partial charge in [-0.15, -0.1) is 0 Å². The predicted molar refractivity (Wildman–Crippen MR) is 106 cm³/mol. The summed E-state index contributed by atoms with van der Waals surface area (Å²) in [5, 5.41) is 12.7. The Morgan fingerprint density at radius 2 is 1.46 bits per heavy atom. The van der Waals surface area contributed by atoms with Crippen molar-refractivity contribution >= 4 is 19.6 Å². The second-order valence-corrected chi connectivity index (χ2v) is 5.94. The summed E-state index contributed by atoms with van der Waals surface area (Å²) >= 11 is 0. The molecule has 0 N–H and O–H groups in total. The molecule has 0 aromatic heterocycles. The number of hydrogen-bond donors (Lipinski definition) is 0. The lowest BCUT2D eigenvalue weighted by Crippen LogP contribution is -1.95. The van der Waals surface area contributed by atoms with Crippen LogP contribution >= 0.6 is 8.58 Å². The summed E-state index contributed by atoms with van der Waals surface area (Å²) in [5.41, 5.74) is 0.105. The van der Waals surface area contributed by atoms with E-state index < -0.39 is 4.92 Å². The lowest BCUT2D eigenvalue weighted by molar-refractivity contribution is -0.384. The minimum absolute atomic E-state index is 0.105. The molecule has 0 spiro atoms. The van der Waals surface area contributed by atoms with Gasteiger partial charge in [0.1, 0.15) is 0 Å². The molecule has 4 heteroatoms. The van der Waals surface area contributed by atoms with E-state index in [9.17, 15) is 10.1 Å². The van der Waals surface area contributed by atoms with E-state index in [4.69, 9.17) is 0 Å². The molecular formula is C20H20NO2P. The predicted octanol–water partition coefficient (Wildman–Crippen LogP) is 5.38. The molecule has 0 bridgehead atoms. The number of nitrogens with zero attached hydrogens (tertiary/aromatic N) is 1. The molecule has 0 heterocycles. The summed E-state index contributed by atoms with van der Waals surface area (Å²) in [5.74, 6) is 0. The number of rotatable bonds is 9. The summed E-state index contributed by atoms with van der Waals surface area (Å²) in [6, 6.07) is 6.60. The smallest absolute Gasteiger partial charge is 0.258 e. The van der Waals surface area contributed by atoms with Crippen LogP contribution in [0.15, 0.2) is 110 Å². The molecule has 0 fully saturated rings. The normalized spacial score (nSPS) is 13.1. The Hall–Kier alpha value is -2.77. The highest BCUT2D eigenvalue weighted by Gasteiger charge is 2.04.